The maximum Gasteiger partial charge on any atom is 0.274 e. The fourth-order valence-electron chi connectivity index (χ4n) is 2.87. The van der Waals surface area contributed by atoms with Crippen LogP contribution in [0, 0.1) is 0 Å². The molecule has 1 unspecified atom stereocenters. The first-order chi connectivity index (χ1) is 13.5. The molecule has 1 aliphatic heterocycles. The van der Waals surface area contributed by atoms with Crippen molar-refractivity contribution >= 4 is 17.4 Å². The number of aromatic nitrogens is 1. The van der Waals surface area contributed by atoms with Crippen LogP contribution in [0.15, 0.2) is 60.2 Å². The van der Waals surface area contributed by atoms with Crippen LogP contribution in [0.3, 0.4) is 0 Å². The number of hydrogen-bond acceptors (Lipinski definition) is 6. The second-order valence-electron chi connectivity index (χ2n) is 6.71. The van der Waals surface area contributed by atoms with Crippen LogP contribution in [0.1, 0.15) is 29.4 Å². The quantitative estimate of drug-likeness (QED) is 0.568. The van der Waals surface area contributed by atoms with Gasteiger partial charge >= 0.3 is 0 Å². The van der Waals surface area contributed by atoms with Crippen molar-refractivity contribution in [3.63, 3.8) is 0 Å². The zero-order valence-corrected chi connectivity index (χ0v) is 15.9. The zero-order chi connectivity index (χ0) is 20.0. The highest BCUT2D eigenvalue weighted by Gasteiger charge is 2.30. The van der Waals surface area contributed by atoms with Crippen molar-refractivity contribution in [2.75, 3.05) is 25.1 Å². The second kappa shape index (κ2) is 8.67. The second-order valence-corrected chi connectivity index (χ2v) is 6.71. The monoisotopic (exact) mass is 380 g/mol. The smallest absolute Gasteiger partial charge is 0.274 e. The van der Waals surface area contributed by atoms with Gasteiger partial charge in [-0.3, -0.25) is 9.79 Å². The molecule has 2 heterocycles. The van der Waals surface area contributed by atoms with Gasteiger partial charge in [-0.1, -0.05) is 18.2 Å². The molecule has 7 nitrogen and oxygen atoms in total. The molecule has 3 N–H and O–H groups in total. The molecular weight excluding hydrogens is 356 g/mol. The van der Waals surface area contributed by atoms with Crippen LogP contribution in [0.2, 0.25) is 0 Å². The van der Waals surface area contributed by atoms with Gasteiger partial charge in [-0.2, -0.15) is 0 Å². The number of amidine groups is 1. The molecule has 1 atom stereocenters. The van der Waals surface area contributed by atoms with Crippen LogP contribution < -0.4 is 15.8 Å². The minimum atomic E-state index is -0.578. The minimum Gasteiger partial charge on any atom is -0.492 e. The van der Waals surface area contributed by atoms with Gasteiger partial charge in [0.05, 0.1) is 19.4 Å². The van der Waals surface area contributed by atoms with Crippen molar-refractivity contribution in [2.45, 2.75) is 18.9 Å². The van der Waals surface area contributed by atoms with Gasteiger partial charge in [0.2, 0.25) is 0 Å². The third kappa shape index (κ3) is 4.75. The normalized spacial score (nSPS) is 18.8. The van der Waals surface area contributed by atoms with Gasteiger partial charge in [0.1, 0.15) is 29.4 Å². The molecule has 0 radical (unpaired) electrons. The topological polar surface area (TPSA) is 98.8 Å². The molecule has 0 saturated carbocycles. The average Bonchev–Trinajstić information content (AvgIpc) is 2.69. The van der Waals surface area contributed by atoms with Gasteiger partial charge in [0.25, 0.3) is 5.91 Å². The molecule has 0 spiro atoms. The molecule has 7 heteroatoms. The molecule has 1 aromatic carbocycles. The Morgan fingerprint density at radius 3 is 3.00 bits per heavy atom. The summed E-state index contributed by atoms with van der Waals surface area (Å²) in [6.07, 6.45) is 4.06. The number of ether oxygens (including phenoxy) is 2. The van der Waals surface area contributed by atoms with Gasteiger partial charge in [-0.15, -0.1) is 6.58 Å². The summed E-state index contributed by atoms with van der Waals surface area (Å²) in [5.41, 5.74) is 7.11. The lowest BCUT2D eigenvalue weighted by atomic mass is 9.92. The summed E-state index contributed by atoms with van der Waals surface area (Å²) in [7, 11) is 0. The number of anilines is 1. The van der Waals surface area contributed by atoms with Gasteiger partial charge in [-0.25, -0.2) is 4.98 Å². The molecular formula is C21H24N4O3. The van der Waals surface area contributed by atoms with E-state index in [9.17, 15) is 4.79 Å². The number of nitrogens with one attached hydrogen (secondary N) is 1. The lowest BCUT2D eigenvalue weighted by Crippen LogP contribution is -2.37. The van der Waals surface area contributed by atoms with E-state index in [0.29, 0.717) is 42.8 Å². The first-order valence-corrected chi connectivity index (χ1v) is 9.04. The maximum absolute atomic E-state index is 12.5. The van der Waals surface area contributed by atoms with Crippen molar-refractivity contribution < 1.29 is 14.3 Å². The molecule has 0 aliphatic carbocycles. The predicted octanol–water partition coefficient (Wildman–Crippen LogP) is 2.89. The molecule has 0 bridgehead atoms. The van der Waals surface area contributed by atoms with Gasteiger partial charge in [0, 0.05) is 5.69 Å². The Labute approximate surface area is 164 Å². The summed E-state index contributed by atoms with van der Waals surface area (Å²) in [5.74, 6) is 0.770. The van der Waals surface area contributed by atoms with Crippen LogP contribution in [-0.2, 0) is 10.3 Å². The summed E-state index contributed by atoms with van der Waals surface area (Å²) >= 11 is 0. The number of amides is 1. The molecule has 3 rings (SSSR count). The first kappa shape index (κ1) is 19.6. The van der Waals surface area contributed by atoms with Crippen LogP contribution >= 0.6 is 0 Å². The zero-order valence-electron chi connectivity index (χ0n) is 15.9. The SMILES string of the molecule is C=CCCOc1ccc(C(=O)Nc2cccc(C3(C)COCC(N)=N3)c2)nc1. The lowest BCUT2D eigenvalue weighted by molar-refractivity contribution is 0.102. The van der Waals surface area contributed by atoms with E-state index in [1.54, 1.807) is 18.2 Å². The third-order valence-electron chi connectivity index (χ3n) is 4.33. The number of nitrogens with zero attached hydrogens (tertiary/aromatic N) is 2. The fraction of sp³-hybridized carbons (Fsp3) is 0.286. The number of carbonyl (C=O) groups excluding carboxylic acids is 1. The summed E-state index contributed by atoms with van der Waals surface area (Å²) in [6, 6.07) is 10.8. The Morgan fingerprint density at radius 2 is 2.29 bits per heavy atom. The number of carbonyl (C=O) groups is 1. The number of aliphatic imine (C=N–C) groups is 1. The molecule has 0 saturated heterocycles. The third-order valence-corrected chi connectivity index (χ3v) is 4.33. The van der Waals surface area contributed by atoms with Crippen molar-refractivity contribution in [3.05, 3.63) is 66.5 Å². The maximum atomic E-state index is 12.5. The van der Waals surface area contributed by atoms with E-state index in [4.69, 9.17) is 15.2 Å². The highest BCUT2D eigenvalue weighted by Crippen LogP contribution is 2.30. The fourth-order valence-corrected chi connectivity index (χ4v) is 2.87. The van der Waals surface area contributed by atoms with Crippen molar-refractivity contribution in [1.82, 2.24) is 4.98 Å². The van der Waals surface area contributed by atoms with Gasteiger partial charge in [0.15, 0.2) is 0 Å². The molecule has 1 amide bonds. The van der Waals surface area contributed by atoms with Crippen LogP contribution in [0.25, 0.3) is 0 Å². The lowest BCUT2D eigenvalue weighted by Gasteiger charge is -2.30. The number of nitrogens with two attached hydrogens (primary N) is 1. The average molecular weight is 380 g/mol. The van der Waals surface area contributed by atoms with Crippen LogP contribution in [-0.4, -0.2) is 36.5 Å². The Hall–Kier alpha value is -3.19. The Kier molecular flexibility index (Phi) is 6.06. The highest BCUT2D eigenvalue weighted by molar-refractivity contribution is 6.02. The first-order valence-electron chi connectivity index (χ1n) is 9.04. The molecule has 0 fully saturated rings. The van der Waals surface area contributed by atoms with Gasteiger partial charge in [-0.05, 0) is 43.2 Å². The Bertz CT molecular complexity index is 879. The molecule has 1 aromatic heterocycles. The van der Waals surface area contributed by atoms with E-state index in [1.807, 2.05) is 31.2 Å². The number of pyridine rings is 1. The van der Waals surface area contributed by atoms with E-state index in [0.717, 1.165) is 12.0 Å². The van der Waals surface area contributed by atoms with Gasteiger partial charge < -0.3 is 20.5 Å². The summed E-state index contributed by atoms with van der Waals surface area (Å²) in [6.45, 7) is 6.89. The molecule has 28 heavy (non-hydrogen) atoms. The highest BCUT2D eigenvalue weighted by atomic mass is 16.5. The van der Waals surface area contributed by atoms with Crippen molar-refractivity contribution in [3.8, 4) is 5.75 Å². The largest absolute Gasteiger partial charge is 0.492 e. The number of rotatable bonds is 7. The predicted molar refractivity (Wildman–Crippen MR) is 109 cm³/mol. The Balaban J connectivity index is 1.69. The van der Waals surface area contributed by atoms with E-state index >= 15 is 0 Å². The standard InChI is InChI=1S/C21H24N4O3/c1-3-4-10-28-17-8-9-18(23-12-17)20(26)24-16-7-5-6-15(11-16)21(2)14-27-13-19(22)25-21/h3,5-9,11-12H,1,4,10,13-14H2,2H3,(H2,22,25)(H,24,26). The van der Waals surface area contributed by atoms with Crippen molar-refractivity contribution in [2.24, 2.45) is 10.7 Å². The van der Waals surface area contributed by atoms with E-state index in [-0.39, 0.29) is 5.91 Å². The summed E-state index contributed by atoms with van der Waals surface area (Å²) in [5, 5.41) is 2.86. The van der Waals surface area contributed by atoms with E-state index in [1.165, 1.54) is 6.20 Å². The molecule has 1 aliphatic rings. The van der Waals surface area contributed by atoms with E-state index < -0.39 is 5.54 Å². The number of hydrogen-bond donors (Lipinski definition) is 2. The van der Waals surface area contributed by atoms with Crippen LogP contribution in [0.4, 0.5) is 5.69 Å². The summed E-state index contributed by atoms with van der Waals surface area (Å²) in [4.78, 5) is 21.2. The van der Waals surface area contributed by atoms with Crippen molar-refractivity contribution in [1.29, 1.82) is 0 Å². The molecule has 2 aromatic rings. The summed E-state index contributed by atoms with van der Waals surface area (Å²) < 4.78 is 11.0. The minimum absolute atomic E-state index is 0.302. The molecule has 146 valence electrons. The number of benzene rings is 1. The van der Waals surface area contributed by atoms with Crippen LogP contribution in [0.5, 0.6) is 5.75 Å². The van der Waals surface area contributed by atoms with E-state index in [2.05, 4.69) is 21.9 Å². The Morgan fingerprint density at radius 1 is 1.43 bits per heavy atom.